The van der Waals surface area contributed by atoms with Crippen molar-refractivity contribution in [1.29, 1.82) is 0 Å². The molecule has 0 atom stereocenters. The van der Waals surface area contributed by atoms with Gasteiger partial charge in [0.15, 0.2) is 9.84 Å². The number of aryl methyl sites for hydroxylation is 1. The molecule has 1 aromatic heterocycles. The smallest absolute Gasteiger partial charge is 0.257 e. The average Bonchev–Trinajstić information content (AvgIpc) is 2.47. The van der Waals surface area contributed by atoms with Gasteiger partial charge in [0.05, 0.1) is 16.2 Å². The van der Waals surface area contributed by atoms with Crippen LogP contribution in [-0.4, -0.2) is 25.1 Å². The summed E-state index contributed by atoms with van der Waals surface area (Å²) in [5.74, 6) is -0.0665. The molecule has 0 saturated heterocycles. The summed E-state index contributed by atoms with van der Waals surface area (Å²) in [5.41, 5.74) is 1.83. The number of hydrogen-bond donors (Lipinski definition) is 1. The van der Waals surface area contributed by atoms with E-state index in [0.29, 0.717) is 29.0 Å². The first-order chi connectivity index (χ1) is 10.1. The standard InChI is InChI=1S/C15H14N2O3S.ClH/c18-15(12-3-1-7-16-10-12)17-13-5-6-14-11(9-13)4-2-8-21(14,19)20;/h1,3,5-7,9-10H,2,4,8H2,(H,17,18);1H. The quantitative estimate of drug-likeness (QED) is 0.912. The minimum absolute atomic E-state index is 0. The van der Waals surface area contributed by atoms with Crippen LogP contribution >= 0.6 is 12.4 Å². The van der Waals surface area contributed by atoms with Crippen LogP contribution in [0.2, 0.25) is 0 Å². The Balaban J connectivity index is 0.00000176. The van der Waals surface area contributed by atoms with E-state index in [1.165, 1.54) is 6.20 Å². The molecule has 1 amide bonds. The number of sulfone groups is 1. The number of aromatic nitrogens is 1. The van der Waals surface area contributed by atoms with Crippen LogP contribution in [0, 0.1) is 0 Å². The van der Waals surface area contributed by atoms with Gasteiger partial charge in [-0.2, -0.15) is 0 Å². The summed E-state index contributed by atoms with van der Waals surface area (Å²) in [6, 6.07) is 8.29. The molecule has 116 valence electrons. The van der Waals surface area contributed by atoms with Crippen LogP contribution in [0.5, 0.6) is 0 Å². The van der Waals surface area contributed by atoms with Crippen molar-refractivity contribution >= 4 is 33.8 Å². The highest BCUT2D eigenvalue weighted by molar-refractivity contribution is 7.91. The molecule has 22 heavy (non-hydrogen) atoms. The third-order valence-electron chi connectivity index (χ3n) is 3.44. The highest BCUT2D eigenvalue weighted by Crippen LogP contribution is 2.27. The van der Waals surface area contributed by atoms with Gasteiger partial charge in [0.25, 0.3) is 5.91 Å². The van der Waals surface area contributed by atoms with Gasteiger partial charge in [0.2, 0.25) is 0 Å². The third-order valence-corrected chi connectivity index (χ3v) is 5.33. The average molecular weight is 339 g/mol. The molecule has 5 nitrogen and oxygen atoms in total. The fourth-order valence-corrected chi connectivity index (χ4v) is 4.00. The Morgan fingerprint density at radius 2 is 2.05 bits per heavy atom. The van der Waals surface area contributed by atoms with Crippen molar-refractivity contribution in [3.05, 3.63) is 53.9 Å². The molecule has 0 spiro atoms. The number of nitrogens with zero attached hydrogens (tertiary/aromatic N) is 1. The normalized spacial score (nSPS) is 15.3. The number of benzene rings is 1. The summed E-state index contributed by atoms with van der Waals surface area (Å²) in [6.45, 7) is 0. The van der Waals surface area contributed by atoms with Gasteiger partial charge in [-0.3, -0.25) is 9.78 Å². The maximum Gasteiger partial charge on any atom is 0.257 e. The molecule has 0 bridgehead atoms. The minimum Gasteiger partial charge on any atom is -0.322 e. The Labute approximate surface area is 135 Å². The molecule has 0 aliphatic carbocycles. The lowest BCUT2D eigenvalue weighted by molar-refractivity contribution is 0.102. The predicted octanol–water partition coefficient (Wildman–Crippen LogP) is 2.48. The minimum atomic E-state index is -3.16. The Morgan fingerprint density at radius 1 is 1.23 bits per heavy atom. The van der Waals surface area contributed by atoms with Crippen LogP contribution in [0.1, 0.15) is 22.3 Å². The first kappa shape index (κ1) is 16.5. The van der Waals surface area contributed by atoms with Crippen LogP contribution in [0.15, 0.2) is 47.6 Å². The number of amides is 1. The highest BCUT2D eigenvalue weighted by atomic mass is 35.5. The van der Waals surface area contributed by atoms with Gasteiger partial charge >= 0.3 is 0 Å². The predicted molar refractivity (Wildman–Crippen MR) is 86.3 cm³/mol. The van der Waals surface area contributed by atoms with E-state index in [2.05, 4.69) is 10.3 Å². The second-order valence-corrected chi connectivity index (χ2v) is 7.02. The van der Waals surface area contributed by atoms with Crippen molar-refractivity contribution < 1.29 is 13.2 Å². The zero-order valence-electron chi connectivity index (χ0n) is 11.7. The molecule has 0 saturated carbocycles. The molecular formula is C15H15ClN2O3S. The van der Waals surface area contributed by atoms with Crippen LogP contribution in [0.3, 0.4) is 0 Å². The van der Waals surface area contributed by atoms with E-state index in [0.717, 1.165) is 5.56 Å². The SMILES string of the molecule is Cl.O=C(Nc1ccc2c(c1)CCCS2(=O)=O)c1cccnc1. The summed E-state index contributed by atoms with van der Waals surface area (Å²) in [5, 5.41) is 2.76. The summed E-state index contributed by atoms with van der Waals surface area (Å²) in [4.78, 5) is 16.3. The topological polar surface area (TPSA) is 76.1 Å². The number of pyridine rings is 1. The van der Waals surface area contributed by atoms with Crippen LogP contribution < -0.4 is 5.32 Å². The van der Waals surface area contributed by atoms with Crippen molar-refractivity contribution in [1.82, 2.24) is 4.98 Å². The molecule has 3 rings (SSSR count). The fraction of sp³-hybridized carbons (Fsp3) is 0.200. The fourth-order valence-electron chi connectivity index (χ4n) is 2.42. The number of rotatable bonds is 2. The number of hydrogen-bond acceptors (Lipinski definition) is 4. The van der Waals surface area contributed by atoms with E-state index in [9.17, 15) is 13.2 Å². The van der Waals surface area contributed by atoms with Crippen LogP contribution in [0.4, 0.5) is 5.69 Å². The monoisotopic (exact) mass is 338 g/mol. The van der Waals surface area contributed by atoms with Gasteiger partial charge < -0.3 is 5.32 Å². The third kappa shape index (κ3) is 3.28. The van der Waals surface area contributed by atoms with Crippen molar-refractivity contribution in [2.24, 2.45) is 0 Å². The summed E-state index contributed by atoms with van der Waals surface area (Å²) >= 11 is 0. The number of carbonyl (C=O) groups is 1. The number of halogens is 1. The highest BCUT2D eigenvalue weighted by Gasteiger charge is 2.23. The zero-order chi connectivity index (χ0) is 14.9. The first-order valence-electron chi connectivity index (χ1n) is 6.63. The van der Waals surface area contributed by atoms with Crippen LogP contribution in [0.25, 0.3) is 0 Å². The van der Waals surface area contributed by atoms with Gasteiger partial charge in [-0.05, 0) is 48.7 Å². The molecule has 0 unspecified atom stereocenters. The molecule has 7 heteroatoms. The number of carbonyl (C=O) groups excluding carboxylic acids is 1. The lowest BCUT2D eigenvalue weighted by atomic mass is 10.1. The van der Waals surface area contributed by atoms with Gasteiger partial charge in [0.1, 0.15) is 0 Å². The summed E-state index contributed by atoms with van der Waals surface area (Å²) < 4.78 is 23.9. The van der Waals surface area contributed by atoms with E-state index in [1.54, 1.807) is 36.5 Å². The molecule has 2 aromatic rings. The maximum absolute atomic E-state index is 12.0. The van der Waals surface area contributed by atoms with E-state index >= 15 is 0 Å². The Morgan fingerprint density at radius 3 is 2.77 bits per heavy atom. The molecule has 0 radical (unpaired) electrons. The van der Waals surface area contributed by atoms with E-state index in [-0.39, 0.29) is 24.1 Å². The van der Waals surface area contributed by atoms with E-state index in [1.807, 2.05) is 0 Å². The van der Waals surface area contributed by atoms with Gasteiger partial charge in [-0.25, -0.2) is 8.42 Å². The first-order valence-corrected chi connectivity index (χ1v) is 8.28. The van der Waals surface area contributed by atoms with Gasteiger partial charge in [-0.15, -0.1) is 12.4 Å². The number of nitrogens with one attached hydrogen (secondary N) is 1. The Bertz CT molecular complexity index is 792. The van der Waals surface area contributed by atoms with Crippen molar-refractivity contribution in [2.45, 2.75) is 17.7 Å². The largest absolute Gasteiger partial charge is 0.322 e. The van der Waals surface area contributed by atoms with Crippen molar-refractivity contribution in [3.63, 3.8) is 0 Å². The van der Waals surface area contributed by atoms with Gasteiger partial charge in [-0.1, -0.05) is 0 Å². The molecule has 2 heterocycles. The summed E-state index contributed by atoms with van der Waals surface area (Å²) in [7, 11) is -3.16. The second-order valence-electron chi connectivity index (χ2n) is 4.94. The molecule has 1 aromatic carbocycles. The molecule has 1 aliphatic rings. The molecule has 1 N–H and O–H groups in total. The van der Waals surface area contributed by atoms with Gasteiger partial charge in [0, 0.05) is 18.1 Å². The van der Waals surface area contributed by atoms with E-state index < -0.39 is 9.84 Å². The number of anilines is 1. The lowest BCUT2D eigenvalue weighted by Crippen LogP contribution is -2.17. The summed E-state index contributed by atoms with van der Waals surface area (Å²) in [6.07, 6.45) is 4.42. The maximum atomic E-state index is 12.0. The molecular weight excluding hydrogens is 324 g/mol. The number of fused-ring (bicyclic) bond motifs is 1. The van der Waals surface area contributed by atoms with Crippen molar-refractivity contribution in [3.8, 4) is 0 Å². The second kappa shape index (κ2) is 6.46. The Kier molecular flexibility index (Phi) is 4.83. The molecule has 1 aliphatic heterocycles. The lowest BCUT2D eigenvalue weighted by Gasteiger charge is -2.17. The zero-order valence-corrected chi connectivity index (χ0v) is 13.3. The van der Waals surface area contributed by atoms with E-state index in [4.69, 9.17) is 0 Å². The van der Waals surface area contributed by atoms with Crippen LogP contribution in [-0.2, 0) is 16.3 Å². The molecule has 0 fully saturated rings. The van der Waals surface area contributed by atoms with Crippen molar-refractivity contribution in [2.75, 3.05) is 11.1 Å². The Hall–Kier alpha value is -1.92.